The van der Waals surface area contributed by atoms with E-state index in [2.05, 4.69) is 16.0 Å². The minimum Gasteiger partial charge on any atom is -0.373 e. The van der Waals surface area contributed by atoms with E-state index >= 15 is 0 Å². The highest BCUT2D eigenvalue weighted by Crippen LogP contribution is 2.25. The molecule has 2 rings (SSSR count). The summed E-state index contributed by atoms with van der Waals surface area (Å²) in [6.45, 7) is -0.154. The molecule has 0 spiro atoms. The fourth-order valence-electron chi connectivity index (χ4n) is 1.46. The summed E-state index contributed by atoms with van der Waals surface area (Å²) in [4.78, 5) is 22.0. The van der Waals surface area contributed by atoms with Crippen LogP contribution in [0.2, 0.25) is 10.0 Å². The van der Waals surface area contributed by atoms with Crippen molar-refractivity contribution in [2.75, 3.05) is 5.32 Å². The Kier molecular flexibility index (Phi) is 4.55. The standard InChI is InChI=1S/C10H8Cl2N6O3/c11-7-1-2-9(8(12)3-7)14-10(19)4-16-6-17(5-13-16)15-18(20)21/h1-3,5-6H,4H2,(H,14,19). The third kappa shape index (κ3) is 4.29. The van der Waals surface area contributed by atoms with Crippen molar-refractivity contribution in [3.05, 3.63) is 56.5 Å². The summed E-state index contributed by atoms with van der Waals surface area (Å²) >= 11 is 11.7. The lowest BCUT2D eigenvalue weighted by Gasteiger charge is -2.07. The van der Waals surface area contributed by atoms with Gasteiger partial charge in [0.05, 0.1) is 10.7 Å². The zero-order chi connectivity index (χ0) is 15.4. The number of nitrogens with zero attached hydrogens (tertiary/aromatic N) is 5. The second kappa shape index (κ2) is 6.37. The van der Waals surface area contributed by atoms with Gasteiger partial charge in [0.15, 0.2) is 0 Å². The number of hydrogen-bond donors (Lipinski definition) is 1. The molecule has 1 aromatic heterocycles. The average molecular weight is 331 g/mol. The molecule has 0 saturated carbocycles. The Labute approximate surface area is 128 Å². The van der Waals surface area contributed by atoms with Crippen LogP contribution >= 0.6 is 23.2 Å². The van der Waals surface area contributed by atoms with Crippen LogP contribution in [0.25, 0.3) is 5.53 Å². The van der Waals surface area contributed by atoms with Gasteiger partial charge in [-0.25, -0.2) is 4.68 Å². The lowest BCUT2D eigenvalue weighted by Crippen LogP contribution is -2.29. The summed E-state index contributed by atoms with van der Waals surface area (Å²) in [6, 6.07) is 4.64. The first-order chi connectivity index (χ1) is 9.94. The molecule has 0 saturated heterocycles. The number of anilines is 1. The van der Waals surface area contributed by atoms with E-state index in [1.54, 1.807) is 12.1 Å². The maximum Gasteiger partial charge on any atom is 0.332 e. The van der Waals surface area contributed by atoms with Crippen LogP contribution in [0.3, 0.4) is 0 Å². The lowest BCUT2D eigenvalue weighted by molar-refractivity contribution is -0.738. The Morgan fingerprint density at radius 2 is 2.29 bits per heavy atom. The predicted molar refractivity (Wildman–Crippen MR) is 73.3 cm³/mol. The third-order valence-electron chi connectivity index (χ3n) is 2.26. The summed E-state index contributed by atoms with van der Waals surface area (Å²) in [5.41, 5.74) is 3.39. The molecule has 0 unspecified atom stereocenters. The molecule has 11 heteroatoms. The van der Waals surface area contributed by atoms with Crippen molar-refractivity contribution in [2.24, 2.45) is 0 Å². The molecular weight excluding hydrogens is 323 g/mol. The largest absolute Gasteiger partial charge is 0.373 e. The van der Waals surface area contributed by atoms with E-state index in [-0.39, 0.29) is 6.54 Å². The molecule has 110 valence electrons. The molecule has 9 nitrogen and oxygen atoms in total. The molecule has 1 aromatic carbocycles. The van der Waals surface area contributed by atoms with Crippen LogP contribution in [0.15, 0.2) is 30.9 Å². The molecule has 2 aromatic rings. The number of nitrogens with one attached hydrogen (secondary N) is 1. The van der Waals surface area contributed by atoms with Crippen LogP contribution < -0.4 is 9.99 Å². The monoisotopic (exact) mass is 330 g/mol. The number of halogens is 2. The van der Waals surface area contributed by atoms with Crippen molar-refractivity contribution in [1.82, 2.24) is 9.78 Å². The van der Waals surface area contributed by atoms with Gasteiger partial charge in [-0.2, -0.15) is 0 Å². The first kappa shape index (κ1) is 15.0. The van der Waals surface area contributed by atoms with Crippen molar-refractivity contribution >= 4 is 34.8 Å². The fourth-order valence-corrected chi connectivity index (χ4v) is 1.91. The number of hydrogen-bond acceptors (Lipinski definition) is 4. The van der Waals surface area contributed by atoms with Gasteiger partial charge in [-0.1, -0.05) is 23.2 Å². The Balaban J connectivity index is 1.98. The highest BCUT2D eigenvalue weighted by molar-refractivity contribution is 6.36. The molecule has 1 N–H and O–H groups in total. The van der Waals surface area contributed by atoms with Gasteiger partial charge in [0.2, 0.25) is 6.54 Å². The van der Waals surface area contributed by atoms with Gasteiger partial charge >= 0.3 is 6.33 Å². The Hall–Kier alpha value is -2.39. The maximum atomic E-state index is 11.8. The molecule has 0 radical (unpaired) electrons. The number of carbonyl (C=O) groups excluding carboxylic acids is 1. The lowest BCUT2D eigenvalue weighted by atomic mass is 10.3. The number of nitro groups is 1. The van der Waals surface area contributed by atoms with Crippen LogP contribution in [0.4, 0.5) is 5.69 Å². The van der Waals surface area contributed by atoms with Gasteiger partial charge in [0, 0.05) is 5.02 Å². The second-order valence-corrected chi connectivity index (χ2v) is 4.67. The number of benzene rings is 1. The molecular formula is C10H8Cl2N6O3. The Bertz CT molecular complexity index is 689. The molecule has 1 heterocycles. The SMILES string of the molecule is O=C(Cn1c[n+]([N-][N+](=O)[O-])cn1)Nc1ccc(Cl)cc1Cl. The summed E-state index contributed by atoms with van der Waals surface area (Å²) < 4.78 is 2.06. The molecule has 1 amide bonds. The second-order valence-electron chi connectivity index (χ2n) is 3.82. The van der Waals surface area contributed by atoms with Crippen LogP contribution in [-0.4, -0.2) is 20.7 Å². The van der Waals surface area contributed by atoms with Crippen LogP contribution in [0, 0.1) is 10.1 Å². The van der Waals surface area contributed by atoms with Crippen molar-refractivity contribution < 1.29 is 14.5 Å². The Morgan fingerprint density at radius 1 is 1.52 bits per heavy atom. The van der Waals surface area contributed by atoms with Crippen molar-refractivity contribution in [1.29, 1.82) is 0 Å². The highest BCUT2D eigenvalue weighted by Gasteiger charge is 2.14. The summed E-state index contributed by atoms with van der Waals surface area (Å²) in [5.74, 6) is -0.407. The number of carbonyl (C=O) groups is 1. The maximum absolute atomic E-state index is 11.8. The smallest absolute Gasteiger partial charge is 0.332 e. The van der Waals surface area contributed by atoms with Gasteiger partial charge in [0.25, 0.3) is 12.2 Å². The summed E-state index contributed by atoms with van der Waals surface area (Å²) in [6.07, 6.45) is 2.30. The van der Waals surface area contributed by atoms with E-state index in [4.69, 9.17) is 23.2 Å². The van der Waals surface area contributed by atoms with E-state index in [0.29, 0.717) is 15.7 Å². The van der Waals surface area contributed by atoms with Crippen LogP contribution in [-0.2, 0) is 11.3 Å². The zero-order valence-electron chi connectivity index (χ0n) is 10.3. The van der Waals surface area contributed by atoms with Crippen molar-refractivity contribution in [2.45, 2.75) is 6.54 Å². The topological polar surface area (TPSA) is 108 Å². The number of aromatic nitrogens is 3. The van der Waals surface area contributed by atoms with E-state index in [1.165, 1.54) is 17.1 Å². The van der Waals surface area contributed by atoms with Crippen LogP contribution in [0.1, 0.15) is 0 Å². The van der Waals surface area contributed by atoms with Gasteiger partial charge in [-0.15, -0.1) is 5.03 Å². The van der Waals surface area contributed by atoms with E-state index < -0.39 is 10.9 Å². The number of amides is 1. The van der Waals surface area contributed by atoms with E-state index in [0.717, 1.165) is 11.0 Å². The first-order valence-corrected chi connectivity index (χ1v) is 6.24. The van der Waals surface area contributed by atoms with Gasteiger partial charge in [-0.05, 0) is 22.9 Å². The molecule has 0 aliphatic rings. The van der Waals surface area contributed by atoms with E-state index in [9.17, 15) is 14.9 Å². The Morgan fingerprint density at radius 3 is 2.95 bits per heavy atom. The predicted octanol–water partition coefficient (Wildman–Crippen LogP) is 1.44. The summed E-state index contributed by atoms with van der Waals surface area (Å²) in [7, 11) is 0. The molecule has 0 bridgehead atoms. The minimum absolute atomic E-state index is 0.154. The number of rotatable bonds is 5. The molecule has 0 fully saturated rings. The quantitative estimate of drug-likeness (QED) is 0.508. The molecule has 0 aliphatic heterocycles. The van der Waals surface area contributed by atoms with Crippen molar-refractivity contribution in [3.8, 4) is 0 Å². The van der Waals surface area contributed by atoms with Gasteiger partial charge in [-0.3, -0.25) is 10.3 Å². The van der Waals surface area contributed by atoms with Gasteiger partial charge < -0.3 is 15.4 Å². The van der Waals surface area contributed by atoms with Crippen LogP contribution in [0.5, 0.6) is 0 Å². The third-order valence-corrected chi connectivity index (χ3v) is 2.80. The molecule has 0 atom stereocenters. The van der Waals surface area contributed by atoms with Gasteiger partial charge in [0.1, 0.15) is 5.10 Å². The normalized spacial score (nSPS) is 10.2. The molecule has 0 aliphatic carbocycles. The first-order valence-electron chi connectivity index (χ1n) is 5.49. The fraction of sp³-hybridized carbons (Fsp3) is 0.100. The minimum atomic E-state index is -0.875. The average Bonchev–Trinajstić information content (AvgIpc) is 2.79. The molecule has 21 heavy (non-hydrogen) atoms. The van der Waals surface area contributed by atoms with Crippen molar-refractivity contribution in [3.63, 3.8) is 0 Å². The zero-order valence-corrected chi connectivity index (χ0v) is 11.8. The van der Waals surface area contributed by atoms with E-state index in [1.807, 2.05) is 0 Å². The summed E-state index contributed by atoms with van der Waals surface area (Å²) in [5, 5.41) is 16.4. The highest BCUT2D eigenvalue weighted by atomic mass is 35.5.